The maximum atomic E-state index is 12.1. The van der Waals surface area contributed by atoms with Crippen molar-refractivity contribution in [1.82, 2.24) is 15.2 Å². The summed E-state index contributed by atoms with van der Waals surface area (Å²) >= 11 is 3.42. The monoisotopic (exact) mass is 488 g/mol. The summed E-state index contributed by atoms with van der Waals surface area (Å²) in [7, 11) is 0. The molecule has 8 heteroatoms. The third-order valence-corrected chi connectivity index (χ3v) is 5.25. The number of aromatic nitrogens is 3. The van der Waals surface area contributed by atoms with Gasteiger partial charge in [-0.1, -0.05) is 17.8 Å². The van der Waals surface area contributed by atoms with Crippen LogP contribution >= 0.6 is 34.4 Å². The average molecular weight is 488 g/mol. The predicted octanol–water partition coefficient (Wildman–Crippen LogP) is 4.62. The number of carbonyl (C=O) groups excluding carboxylic acids is 1. The van der Waals surface area contributed by atoms with E-state index >= 15 is 0 Å². The lowest BCUT2D eigenvalue weighted by molar-refractivity contribution is -0.113. The summed E-state index contributed by atoms with van der Waals surface area (Å²) in [6.07, 6.45) is 1.75. The Labute approximate surface area is 172 Å². The van der Waals surface area contributed by atoms with E-state index in [-0.39, 0.29) is 11.7 Å². The molecule has 4 rings (SSSR count). The van der Waals surface area contributed by atoms with Gasteiger partial charge in [-0.2, -0.15) is 0 Å². The molecule has 0 saturated heterocycles. The van der Waals surface area contributed by atoms with Crippen molar-refractivity contribution in [3.63, 3.8) is 0 Å². The van der Waals surface area contributed by atoms with E-state index in [0.29, 0.717) is 11.1 Å². The number of benzene rings is 2. The third kappa shape index (κ3) is 4.45. The van der Waals surface area contributed by atoms with Crippen molar-refractivity contribution in [3.05, 3.63) is 64.4 Å². The van der Waals surface area contributed by atoms with E-state index in [0.717, 1.165) is 25.7 Å². The van der Waals surface area contributed by atoms with Crippen LogP contribution in [-0.4, -0.2) is 26.8 Å². The maximum absolute atomic E-state index is 12.1. The maximum Gasteiger partial charge on any atom is 0.277 e. The highest BCUT2D eigenvalue weighted by molar-refractivity contribution is 14.1. The van der Waals surface area contributed by atoms with Crippen LogP contribution in [0.5, 0.6) is 0 Å². The quantitative estimate of drug-likeness (QED) is 0.326. The Morgan fingerprint density at radius 2 is 1.96 bits per heavy atom. The van der Waals surface area contributed by atoms with Crippen LogP contribution in [0.15, 0.2) is 70.4 Å². The molecule has 0 saturated carbocycles. The van der Waals surface area contributed by atoms with Gasteiger partial charge in [0.1, 0.15) is 0 Å². The number of nitrogens with zero attached hydrogens (tertiary/aromatic N) is 3. The molecule has 4 aromatic rings. The van der Waals surface area contributed by atoms with E-state index in [9.17, 15) is 4.79 Å². The zero-order valence-electron chi connectivity index (χ0n) is 13.9. The first-order chi connectivity index (χ1) is 13.2. The molecule has 0 atom stereocenters. The lowest BCUT2D eigenvalue weighted by Gasteiger charge is -2.03. The molecule has 0 radical (unpaired) electrons. The van der Waals surface area contributed by atoms with Crippen molar-refractivity contribution in [2.45, 2.75) is 5.22 Å². The lowest BCUT2D eigenvalue weighted by Crippen LogP contribution is -2.13. The van der Waals surface area contributed by atoms with Crippen molar-refractivity contribution < 1.29 is 9.21 Å². The van der Waals surface area contributed by atoms with Crippen LogP contribution in [0.1, 0.15) is 0 Å². The number of hydrogen-bond acceptors (Lipinski definition) is 6. The van der Waals surface area contributed by atoms with Gasteiger partial charge in [0, 0.05) is 26.4 Å². The van der Waals surface area contributed by atoms with Crippen molar-refractivity contribution in [3.8, 4) is 11.5 Å². The predicted molar refractivity (Wildman–Crippen MR) is 114 cm³/mol. The third-order valence-electron chi connectivity index (χ3n) is 3.71. The smallest absolute Gasteiger partial charge is 0.277 e. The molecule has 0 fully saturated rings. The number of pyridine rings is 1. The standard InChI is InChI=1S/C19H13IN4O2S/c20-14-4-6-15(7-5-14)22-17(25)11-27-19-24-23-18(26-19)13-3-8-16-12(10-13)2-1-9-21-16/h1-10H,11H2,(H,22,25). The summed E-state index contributed by atoms with van der Waals surface area (Å²) < 4.78 is 6.79. The van der Waals surface area contributed by atoms with Crippen molar-refractivity contribution in [2.75, 3.05) is 11.1 Å². The first-order valence-electron chi connectivity index (χ1n) is 8.04. The van der Waals surface area contributed by atoms with Crippen molar-refractivity contribution in [1.29, 1.82) is 0 Å². The fraction of sp³-hybridized carbons (Fsp3) is 0.0526. The van der Waals surface area contributed by atoms with Crippen LogP contribution < -0.4 is 5.32 Å². The number of hydrogen-bond donors (Lipinski definition) is 1. The molecule has 6 nitrogen and oxygen atoms in total. The van der Waals surface area contributed by atoms with Gasteiger partial charge in [0.05, 0.1) is 11.3 Å². The first kappa shape index (κ1) is 17.9. The summed E-state index contributed by atoms with van der Waals surface area (Å²) in [5, 5.41) is 12.3. The number of carbonyl (C=O) groups is 1. The van der Waals surface area contributed by atoms with Gasteiger partial charge in [0.15, 0.2) is 0 Å². The highest BCUT2D eigenvalue weighted by Gasteiger charge is 2.12. The van der Waals surface area contributed by atoms with Crippen molar-refractivity contribution >= 4 is 56.9 Å². The van der Waals surface area contributed by atoms with E-state index in [1.807, 2.05) is 54.6 Å². The van der Waals surface area contributed by atoms with Gasteiger partial charge in [-0.25, -0.2) is 0 Å². The highest BCUT2D eigenvalue weighted by atomic mass is 127. The van der Waals surface area contributed by atoms with E-state index in [2.05, 4.69) is 43.1 Å². The molecule has 2 heterocycles. The Bertz CT molecular complexity index is 1100. The number of nitrogens with one attached hydrogen (secondary N) is 1. The molecule has 1 N–H and O–H groups in total. The van der Waals surface area contributed by atoms with Crippen molar-refractivity contribution in [2.24, 2.45) is 0 Å². The van der Waals surface area contributed by atoms with E-state index < -0.39 is 0 Å². The normalized spacial score (nSPS) is 10.9. The van der Waals surface area contributed by atoms with Crippen LogP contribution in [0.4, 0.5) is 5.69 Å². The molecule has 0 aliphatic carbocycles. The SMILES string of the molecule is O=C(CSc1nnc(-c2ccc3ncccc3c2)o1)Nc1ccc(I)cc1. The van der Waals surface area contributed by atoms with Gasteiger partial charge in [-0.3, -0.25) is 9.78 Å². The minimum absolute atomic E-state index is 0.127. The van der Waals surface area contributed by atoms with Gasteiger partial charge in [0.25, 0.3) is 5.22 Å². The first-order valence-corrected chi connectivity index (χ1v) is 10.1. The molecule has 0 bridgehead atoms. The van der Waals surface area contributed by atoms with Crippen LogP contribution in [0.25, 0.3) is 22.4 Å². The number of halogens is 1. The number of amides is 1. The van der Waals surface area contributed by atoms with Gasteiger partial charge in [-0.05, 0) is 71.1 Å². The van der Waals surface area contributed by atoms with Gasteiger partial charge < -0.3 is 9.73 Å². The fourth-order valence-electron chi connectivity index (χ4n) is 2.45. The molecule has 0 aliphatic heterocycles. The minimum atomic E-state index is -0.127. The summed E-state index contributed by atoms with van der Waals surface area (Å²) in [5.41, 5.74) is 2.48. The van der Waals surface area contributed by atoms with Gasteiger partial charge in [-0.15, -0.1) is 10.2 Å². The number of rotatable bonds is 5. The second-order valence-electron chi connectivity index (χ2n) is 5.63. The Balaban J connectivity index is 1.40. The molecule has 1 amide bonds. The Kier molecular flexibility index (Phi) is 5.35. The highest BCUT2D eigenvalue weighted by Crippen LogP contribution is 2.25. The molecule has 0 spiro atoms. The summed E-state index contributed by atoms with van der Waals surface area (Å²) in [4.78, 5) is 16.4. The molecule has 0 aliphatic rings. The second kappa shape index (κ2) is 8.05. The largest absolute Gasteiger partial charge is 0.411 e. The average Bonchev–Trinajstić information content (AvgIpc) is 3.17. The van der Waals surface area contributed by atoms with E-state index in [1.165, 1.54) is 11.8 Å². The zero-order valence-corrected chi connectivity index (χ0v) is 16.9. The summed E-state index contributed by atoms with van der Waals surface area (Å²) in [6.45, 7) is 0. The number of anilines is 1. The molecular formula is C19H13IN4O2S. The molecule has 2 aromatic carbocycles. The van der Waals surface area contributed by atoms with E-state index in [1.54, 1.807) is 6.20 Å². The molecule has 27 heavy (non-hydrogen) atoms. The Hall–Kier alpha value is -2.46. The van der Waals surface area contributed by atoms with Crippen LogP contribution in [-0.2, 0) is 4.79 Å². The molecule has 2 aromatic heterocycles. The zero-order chi connectivity index (χ0) is 18.6. The summed E-state index contributed by atoms with van der Waals surface area (Å²) in [5.74, 6) is 0.481. The van der Waals surface area contributed by atoms with Gasteiger partial charge >= 0.3 is 0 Å². The lowest BCUT2D eigenvalue weighted by atomic mass is 10.1. The van der Waals surface area contributed by atoms with Gasteiger partial charge in [0.2, 0.25) is 11.8 Å². The fourth-order valence-corrected chi connectivity index (χ4v) is 3.37. The molecular weight excluding hydrogens is 475 g/mol. The van der Waals surface area contributed by atoms with E-state index in [4.69, 9.17) is 4.42 Å². The summed E-state index contributed by atoms with van der Waals surface area (Å²) in [6, 6.07) is 17.2. The Morgan fingerprint density at radius 1 is 1.11 bits per heavy atom. The van der Waals surface area contributed by atoms with Crippen LogP contribution in [0.3, 0.4) is 0 Å². The topological polar surface area (TPSA) is 80.9 Å². The van der Waals surface area contributed by atoms with Crippen LogP contribution in [0, 0.1) is 3.57 Å². The number of thioether (sulfide) groups is 1. The number of fused-ring (bicyclic) bond motifs is 1. The molecule has 0 unspecified atom stereocenters. The molecule has 134 valence electrons. The minimum Gasteiger partial charge on any atom is -0.411 e. The van der Waals surface area contributed by atoms with Crippen LogP contribution in [0.2, 0.25) is 0 Å². The second-order valence-corrected chi connectivity index (χ2v) is 7.80. The Morgan fingerprint density at radius 3 is 2.81 bits per heavy atom.